The number of aryl methyl sites for hydroxylation is 1. The zero-order valence-electron chi connectivity index (χ0n) is 10.2. The number of rotatable bonds is 4. The van der Waals surface area contributed by atoms with E-state index in [1.54, 1.807) is 6.07 Å². The average Bonchev–Trinajstić information content (AvgIpc) is 2.88. The maximum Gasteiger partial charge on any atom is 0.194 e. The van der Waals surface area contributed by atoms with Crippen LogP contribution in [0.4, 0.5) is 13.2 Å². The zero-order chi connectivity index (χ0) is 14.0. The molecule has 0 radical (unpaired) electrons. The first kappa shape index (κ1) is 13.6. The van der Waals surface area contributed by atoms with E-state index in [1.165, 1.54) is 6.26 Å². The van der Waals surface area contributed by atoms with Gasteiger partial charge in [-0.05, 0) is 12.1 Å². The van der Waals surface area contributed by atoms with Gasteiger partial charge in [-0.3, -0.25) is 5.84 Å². The number of nitrogens with one attached hydrogen (secondary N) is 1. The number of halogens is 3. The smallest absolute Gasteiger partial charge is 0.194 e. The van der Waals surface area contributed by atoms with Crippen LogP contribution in [0.15, 0.2) is 28.9 Å². The molecule has 2 aromatic rings. The van der Waals surface area contributed by atoms with E-state index in [0.717, 1.165) is 12.1 Å². The van der Waals surface area contributed by atoms with E-state index in [-0.39, 0.29) is 5.56 Å². The Bertz CT molecular complexity index is 583. The predicted molar refractivity (Wildman–Crippen MR) is 63.6 cm³/mol. The van der Waals surface area contributed by atoms with Crippen molar-refractivity contribution >= 4 is 0 Å². The third-order valence-corrected chi connectivity index (χ3v) is 2.95. The molecule has 1 aromatic heterocycles. The van der Waals surface area contributed by atoms with E-state index < -0.39 is 23.5 Å². The van der Waals surface area contributed by atoms with Crippen LogP contribution in [0.3, 0.4) is 0 Å². The van der Waals surface area contributed by atoms with Gasteiger partial charge >= 0.3 is 0 Å². The highest BCUT2D eigenvalue weighted by Crippen LogP contribution is 2.29. The second-order valence-electron chi connectivity index (χ2n) is 4.02. The van der Waals surface area contributed by atoms with Crippen molar-refractivity contribution in [2.75, 3.05) is 0 Å². The van der Waals surface area contributed by atoms with E-state index in [2.05, 4.69) is 5.43 Å². The van der Waals surface area contributed by atoms with Crippen molar-refractivity contribution in [3.8, 4) is 0 Å². The molecule has 0 aliphatic heterocycles. The lowest BCUT2D eigenvalue weighted by molar-refractivity contribution is 0.431. The summed E-state index contributed by atoms with van der Waals surface area (Å²) in [7, 11) is 0. The SMILES string of the molecule is CCc1occc1C(NN)c1ccc(F)c(F)c1F. The van der Waals surface area contributed by atoms with E-state index in [4.69, 9.17) is 10.3 Å². The van der Waals surface area contributed by atoms with Crippen LogP contribution in [0.5, 0.6) is 0 Å². The van der Waals surface area contributed by atoms with Crippen LogP contribution in [0, 0.1) is 17.5 Å². The summed E-state index contributed by atoms with van der Waals surface area (Å²) in [6.45, 7) is 1.86. The lowest BCUT2D eigenvalue weighted by atomic mass is 9.98. The van der Waals surface area contributed by atoms with Crippen molar-refractivity contribution in [2.45, 2.75) is 19.4 Å². The van der Waals surface area contributed by atoms with Crippen LogP contribution in [0.1, 0.15) is 29.9 Å². The molecule has 0 amide bonds. The third-order valence-electron chi connectivity index (χ3n) is 2.95. The molecule has 6 heteroatoms. The number of hydrogen-bond acceptors (Lipinski definition) is 3. The van der Waals surface area contributed by atoms with Gasteiger partial charge < -0.3 is 4.42 Å². The molecular weight excluding hydrogens is 257 g/mol. The highest BCUT2D eigenvalue weighted by atomic mass is 19.2. The Morgan fingerprint density at radius 3 is 2.53 bits per heavy atom. The van der Waals surface area contributed by atoms with Gasteiger partial charge in [-0.2, -0.15) is 0 Å². The molecule has 0 bridgehead atoms. The molecule has 0 saturated carbocycles. The summed E-state index contributed by atoms with van der Waals surface area (Å²) in [4.78, 5) is 0. The molecule has 102 valence electrons. The number of benzene rings is 1. The predicted octanol–water partition coefficient (Wildman–Crippen LogP) is 2.81. The lowest BCUT2D eigenvalue weighted by Gasteiger charge is -2.17. The van der Waals surface area contributed by atoms with Crippen LogP contribution in [0.25, 0.3) is 0 Å². The zero-order valence-corrected chi connectivity index (χ0v) is 10.2. The van der Waals surface area contributed by atoms with Crippen molar-refractivity contribution in [2.24, 2.45) is 5.84 Å². The van der Waals surface area contributed by atoms with E-state index in [9.17, 15) is 13.2 Å². The van der Waals surface area contributed by atoms with Crippen molar-refractivity contribution < 1.29 is 17.6 Å². The normalized spacial score (nSPS) is 12.7. The Hall–Kier alpha value is -1.79. The molecule has 0 spiro atoms. The molecule has 1 atom stereocenters. The molecule has 2 rings (SSSR count). The fourth-order valence-corrected chi connectivity index (χ4v) is 2.01. The maximum absolute atomic E-state index is 13.8. The summed E-state index contributed by atoms with van der Waals surface area (Å²) < 4.78 is 45.2. The minimum Gasteiger partial charge on any atom is -0.469 e. The molecule has 0 aliphatic carbocycles. The molecule has 3 N–H and O–H groups in total. The lowest BCUT2D eigenvalue weighted by Crippen LogP contribution is -2.30. The maximum atomic E-state index is 13.8. The second-order valence-corrected chi connectivity index (χ2v) is 4.02. The first-order valence-electron chi connectivity index (χ1n) is 5.75. The summed E-state index contributed by atoms with van der Waals surface area (Å²) in [5.74, 6) is 2.00. The summed E-state index contributed by atoms with van der Waals surface area (Å²) in [6, 6.07) is 2.84. The van der Waals surface area contributed by atoms with Crippen molar-refractivity contribution in [1.29, 1.82) is 0 Å². The first-order valence-corrected chi connectivity index (χ1v) is 5.75. The van der Waals surface area contributed by atoms with Crippen LogP contribution in [0.2, 0.25) is 0 Å². The number of nitrogens with two attached hydrogens (primary N) is 1. The molecule has 0 fully saturated rings. The van der Waals surface area contributed by atoms with Gasteiger partial charge in [0.2, 0.25) is 0 Å². The highest BCUT2D eigenvalue weighted by molar-refractivity contribution is 5.34. The standard InChI is InChI=1S/C13H13F3N2O/c1-2-10-7(5-6-19-10)13(18-17)8-3-4-9(14)12(16)11(8)15/h3-6,13,18H,2,17H2,1H3. The fraction of sp³-hybridized carbons (Fsp3) is 0.231. The van der Waals surface area contributed by atoms with Gasteiger partial charge in [0.25, 0.3) is 0 Å². The van der Waals surface area contributed by atoms with Gasteiger partial charge in [0.1, 0.15) is 5.76 Å². The van der Waals surface area contributed by atoms with Gasteiger partial charge in [-0.15, -0.1) is 0 Å². The molecule has 1 heterocycles. The number of furan rings is 1. The second kappa shape index (κ2) is 5.46. The van der Waals surface area contributed by atoms with Crippen molar-refractivity contribution in [3.63, 3.8) is 0 Å². The Balaban J connectivity index is 2.52. The van der Waals surface area contributed by atoms with Gasteiger partial charge in [-0.1, -0.05) is 13.0 Å². The van der Waals surface area contributed by atoms with Crippen LogP contribution in [-0.2, 0) is 6.42 Å². The summed E-state index contributed by atoms with van der Waals surface area (Å²) in [5.41, 5.74) is 2.91. The van der Waals surface area contributed by atoms with Crippen molar-refractivity contribution in [3.05, 3.63) is 58.8 Å². The van der Waals surface area contributed by atoms with E-state index in [0.29, 0.717) is 17.7 Å². The van der Waals surface area contributed by atoms with Gasteiger partial charge in [0.15, 0.2) is 17.5 Å². The largest absolute Gasteiger partial charge is 0.469 e. The van der Waals surface area contributed by atoms with Crippen LogP contribution >= 0.6 is 0 Å². The molecular formula is C13H13F3N2O. The Labute approximate surface area is 108 Å². The summed E-state index contributed by atoms with van der Waals surface area (Å²) in [5, 5.41) is 0. The topological polar surface area (TPSA) is 51.2 Å². The fourth-order valence-electron chi connectivity index (χ4n) is 2.01. The monoisotopic (exact) mass is 270 g/mol. The average molecular weight is 270 g/mol. The van der Waals surface area contributed by atoms with E-state index in [1.807, 2.05) is 6.92 Å². The molecule has 1 unspecified atom stereocenters. The number of hydrogen-bond donors (Lipinski definition) is 2. The summed E-state index contributed by atoms with van der Waals surface area (Å²) >= 11 is 0. The Morgan fingerprint density at radius 2 is 1.89 bits per heavy atom. The molecule has 3 nitrogen and oxygen atoms in total. The minimum absolute atomic E-state index is 0.0718. The Morgan fingerprint density at radius 1 is 1.16 bits per heavy atom. The van der Waals surface area contributed by atoms with Crippen molar-refractivity contribution in [1.82, 2.24) is 5.43 Å². The Kier molecular flexibility index (Phi) is 3.92. The summed E-state index contributed by atoms with van der Waals surface area (Å²) in [6.07, 6.45) is 2.02. The molecule has 19 heavy (non-hydrogen) atoms. The highest BCUT2D eigenvalue weighted by Gasteiger charge is 2.24. The number of hydrazine groups is 1. The quantitative estimate of drug-likeness (QED) is 0.510. The van der Waals surface area contributed by atoms with Gasteiger partial charge in [-0.25, -0.2) is 18.6 Å². The van der Waals surface area contributed by atoms with Crippen LogP contribution in [-0.4, -0.2) is 0 Å². The van der Waals surface area contributed by atoms with Gasteiger partial charge in [0, 0.05) is 17.5 Å². The van der Waals surface area contributed by atoms with Crippen LogP contribution < -0.4 is 11.3 Å². The van der Waals surface area contributed by atoms with E-state index >= 15 is 0 Å². The third kappa shape index (κ3) is 2.36. The molecule has 0 saturated heterocycles. The molecule has 0 aliphatic rings. The minimum atomic E-state index is -1.51. The molecule has 1 aromatic carbocycles. The van der Waals surface area contributed by atoms with Gasteiger partial charge in [0.05, 0.1) is 12.3 Å². The first-order chi connectivity index (χ1) is 9.10.